The minimum atomic E-state index is -4.15. The second-order valence-electron chi connectivity index (χ2n) is 12.2. The van der Waals surface area contributed by atoms with E-state index in [0.717, 1.165) is 43.9 Å². The van der Waals surface area contributed by atoms with Crippen LogP contribution < -0.4 is 4.74 Å². The van der Waals surface area contributed by atoms with Gasteiger partial charge in [0.2, 0.25) is 10.0 Å². The topological polar surface area (TPSA) is 121 Å². The summed E-state index contributed by atoms with van der Waals surface area (Å²) in [7, 11) is -2.65. The van der Waals surface area contributed by atoms with Crippen LogP contribution >= 0.6 is 0 Å². The number of ether oxygens (including phenoxy) is 5. The largest absolute Gasteiger partial charge is 0.497 e. The van der Waals surface area contributed by atoms with Gasteiger partial charge in [0.05, 0.1) is 50.3 Å². The fraction of sp³-hybridized carbons (Fsp3) is 0.606. The number of β-amino-alcohol motifs (C(OH)–C–C–N with tert-alkyl or cyclic N) is 1. The molecule has 3 aliphatic rings. The molecule has 0 spiro atoms. The lowest BCUT2D eigenvalue weighted by Gasteiger charge is -2.30. The molecule has 254 valence electrons. The first-order chi connectivity index (χ1) is 22.1. The van der Waals surface area contributed by atoms with Crippen molar-refractivity contribution in [2.24, 2.45) is 11.8 Å². The fourth-order valence-electron chi connectivity index (χ4n) is 6.41. The van der Waals surface area contributed by atoms with Crippen molar-refractivity contribution in [1.29, 1.82) is 0 Å². The van der Waals surface area contributed by atoms with Gasteiger partial charge in [-0.3, -0.25) is 4.79 Å². The van der Waals surface area contributed by atoms with Gasteiger partial charge in [-0.05, 0) is 61.6 Å². The number of esters is 1. The lowest BCUT2D eigenvalue weighted by molar-refractivity contribution is -0.153. The van der Waals surface area contributed by atoms with Gasteiger partial charge in [-0.1, -0.05) is 19.3 Å². The second-order valence-corrected chi connectivity index (χ2v) is 14.1. The van der Waals surface area contributed by atoms with E-state index in [1.165, 1.54) is 17.5 Å². The zero-order chi connectivity index (χ0) is 32.7. The molecular weight excluding hydrogens is 624 g/mol. The summed E-state index contributed by atoms with van der Waals surface area (Å²) in [6.07, 6.45) is 2.02. The number of methoxy groups -OCH3 is 1. The lowest BCUT2D eigenvalue weighted by atomic mass is 9.90. The summed E-state index contributed by atoms with van der Waals surface area (Å²) in [5.41, 5.74) is 0.659. The van der Waals surface area contributed by atoms with Crippen LogP contribution in [0.5, 0.6) is 5.75 Å². The van der Waals surface area contributed by atoms with Crippen LogP contribution in [0.2, 0.25) is 0 Å². The summed E-state index contributed by atoms with van der Waals surface area (Å²) < 4.78 is 85.8. The van der Waals surface area contributed by atoms with Crippen LogP contribution in [0, 0.1) is 23.5 Å². The number of nitrogens with zero attached hydrogens (tertiary/aromatic N) is 1. The maximum atomic E-state index is 14.2. The first-order valence-electron chi connectivity index (χ1n) is 15.9. The molecular formula is C33H43F2NO9S. The van der Waals surface area contributed by atoms with Crippen LogP contribution in [0.4, 0.5) is 8.78 Å². The molecule has 10 nitrogen and oxygen atoms in total. The van der Waals surface area contributed by atoms with Gasteiger partial charge in [-0.2, -0.15) is 4.31 Å². The van der Waals surface area contributed by atoms with Crippen molar-refractivity contribution < 1.29 is 50.8 Å². The minimum Gasteiger partial charge on any atom is -0.497 e. The highest BCUT2D eigenvalue weighted by atomic mass is 32.2. The van der Waals surface area contributed by atoms with Crippen molar-refractivity contribution in [3.63, 3.8) is 0 Å². The molecule has 2 aromatic rings. The van der Waals surface area contributed by atoms with Gasteiger partial charge in [0.15, 0.2) is 6.29 Å². The van der Waals surface area contributed by atoms with E-state index in [4.69, 9.17) is 23.7 Å². The zero-order valence-electron chi connectivity index (χ0n) is 26.1. The first-order valence-corrected chi connectivity index (χ1v) is 17.4. The maximum absolute atomic E-state index is 14.2. The van der Waals surface area contributed by atoms with Crippen molar-refractivity contribution in [3.8, 4) is 5.75 Å². The smallest absolute Gasteiger partial charge is 0.306 e. The molecule has 2 saturated heterocycles. The number of aliphatic hydroxyl groups excluding tert-OH is 1. The van der Waals surface area contributed by atoms with Crippen LogP contribution in [0.3, 0.4) is 0 Å². The summed E-state index contributed by atoms with van der Waals surface area (Å²) in [5.74, 6) is -2.73. The minimum absolute atomic E-state index is 0.0393. The van der Waals surface area contributed by atoms with Gasteiger partial charge in [0, 0.05) is 37.2 Å². The number of halogens is 2. The Hall–Kier alpha value is -2.68. The molecule has 2 fully saturated rings. The fourth-order valence-corrected chi connectivity index (χ4v) is 8.10. The van der Waals surface area contributed by atoms with Gasteiger partial charge < -0.3 is 28.8 Å². The van der Waals surface area contributed by atoms with E-state index >= 15 is 0 Å². The van der Waals surface area contributed by atoms with E-state index < -0.39 is 52.0 Å². The molecule has 0 saturated carbocycles. The number of hydrogen-bond acceptors (Lipinski definition) is 9. The number of hydrogen-bond donors (Lipinski definition) is 1. The Balaban J connectivity index is 1.39. The first kappa shape index (κ1) is 34.6. The van der Waals surface area contributed by atoms with E-state index in [9.17, 15) is 27.1 Å². The second kappa shape index (κ2) is 15.9. The highest BCUT2D eigenvalue weighted by Gasteiger charge is 2.44. The molecule has 0 unspecified atom stereocenters. The summed E-state index contributed by atoms with van der Waals surface area (Å²) in [6, 6.07) is 7.68. The highest BCUT2D eigenvalue weighted by molar-refractivity contribution is 7.89. The van der Waals surface area contributed by atoms with E-state index in [-0.39, 0.29) is 55.5 Å². The number of carbonyl (C=O) groups is 1. The predicted octanol–water partition coefficient (Wildman–Crippen LogP) is 4.36. The average molecular weight is 668 g/mol. The SMILES string of the molecule is COc1ccc2c(c1)COCCCCCCCN(C[C@@H](O)[C@@H](CC(=O)O[C@H]1CO[C@H]3OCC[C@H]31)Cc1cc(F)cc(F)c1)S2(=O)=O. The van der Waals surface area contributed by atoms with Crippen LogP contribution in [0.15, 0.2) is 41.3 Å². The number of fused-ring (bicyclic) bond motifs is 2. The number of carbonyl (C=O) groups excluding carboxylic acids is 1. The predicted molar refractivity (Wildman–Crippen MR) is 162 cm³/mol. The van der Waals surface area contributed by atoms with Crippen molar-refractivity contribution in [3.05, 3.63) is 59.2 Å². The van der Waals surface area contributed by atoms with E-state index in [0.29, 0.717) is 37.4 Å². The molecule has 5 rings (SSSR count). The van der Waals surface area contributed by atoms with Crippen LogP contribution in [0.25, 0.3) is 0 Å². The molecule has 0 bridgehead atoms. The number of benzene rings is 2. The van der Waals surface area contributed by atoms with Gasteiger partial charge >= 0.3 is 5.97 Å². The zero-order valence-corrected chi connectivity index (χ0v) is 26.9. The average Bonchev–Trinajstić information content (AvgIpc) is 3.63. The third-order valence-electron chi connectivity index (χ3n) is 8.89. The van der Waals surface area contributed by atoms with Crippen LogP contribution in [-0.2, 0) is 46.8 Å². The Morgan fingerprint density at radius 1 is 1.04 bits per heavy atom. The number of rotatable bonds is 9. The number of aliphatic hydroxyl groups is 1. The van der Waals surface area contributed by atoms with Crippen molar-refractivity contribution in [2.45, 2.75) is 81.4 Å². The standard InChI is InChI=1S/C33H43F2NO9S/c1-41-27-7-8-31-24(16-27)20-42-11-6-4-2-3-5-10-36(46(31,39)40)19-29(37)23(13-22-14-25(34)18-26(35)15-22)17-32(38)45-30-21-44-33-28(30)9-12-43-33/h7-8,14-16,18,23,28-30,33,37H,2-6,9-13,17,19-21H2,1H3/t23-,28+,29-,30+,33-/m1/s1. The third-order valence-corrected chi connectivity index (χ3v) is 10.9. The lowest BCUT2D eigenvalue weighted by Crippen LogP contribution is -2.42. The van der Waals surface area contributed by atoms with E-state index in [1.54, 1.807) is 12.1 Å². The molecule has 0 aromatic heterocycles. The van der Waals surface area contributed by atoms with Gasteiger partial charge in [-0.15, -0.1) is 0 Å². The molecule has 1 N–H and O–H groups in total. The van der Waals surface area contributed by atoms with Gasteiger partial charge in [0.1, 0.15) is 23.5 Å². The van der Waals surface area contributed by atoms with Crippen molar-refractivity contribution in [2.75, 3.05) is 40.0 Å². The monoisotopic (exact) mass is 667 g/mol. The van der Waals surface area contributed by atoms with E-state index in [1.807, 2.05) is 0 Å². The Labute approximate surface area is 269 Å². The molecule has 0 amide bonds. The highest BCUT2D eigenvalue weighted by Crippen LogP contribution is 2.34. The summed E-state index contributed by atoms with van der Waals surface area (Å²) in [4.78, 5) is 13.3. The Morgan fingerprint density at radius 3 is 2.59 bits per heavy atom. The Morgan fingerprint density at radius 2 is 1.80 bits per heavy atom. The maximum Gasteiger partial charge on any atom is 0.306 e. The molecule has 5 atom stereocenters. The summed E-state index contributed by atoms with van der Waals surface area (Å²) in [5, 5.41) is 11.6. The molecule has 3 aliphatic heterocycles. The molecule has 2 aromatic carbocycles. The Kier molecular flexibility index (Phi) is 12.0. The van der Waals surface area contributed by atoms with Crippen LogP contribution in [-0.4, -0.2) is 82.3 Å². The van der Waals surface area contributed by atoms with E-state index in [2.05, 4.69) is 0 Å². The summed E-state index contributed by atoms with van der Waals surface area (Å²) >= 11 is 0. The van der Waals surface area contributed by atoms with Gasteiger partial charge in [-0.25, -0.2) is 17.2 Å². The van der Waals surface area contributed by atoms with Crippen LogP contribution in [0.1, 0.15) is 56.1 Å². The molecule has 0 radical (unpaired) electrons. The molecule has 0 aliphatic carbocycles. The molecule has 13 heteroatoms. The van der Waals surface area contributed by atoms with Crippen molar-refractivity contribution in [1.82, 2.24) is 4.31 Å². The Bertz CT molecular complexity index is 1420. The third kappa shape index (κ3) is 8.81. The number of sulfonamides is 1. The van der Waals surface area contributed by atoms with Gasteiger partial charge in [0.25, 0.3) is 0 Å². The normalized spacial score (nSPS) is 25.3. The quantitative estimate of drug-likeness (QED) is 0.389. The molecule has 46 heavy (non-hydrogen) atoms. The molecule has 3 heterocycles. The van der Waals surface area contributed by atoms with Crippen molar-refractivity contribution >= 4 is 16.0 Å². The summed E-state index contributed by atoms with van der Waals surface area (Å²) in [6.45, 7) is 1.06.